The van der Waals surface area contributed by atoms with E-state index in [0.717, 1.165) is 16.7 Å². The van der Waals surface area contributed by atoms with Crippen molar-refractivity contribution in [1.29, 1.82) is 0 Å². The molecular formula is C23H20Cl2N2O4. The molecule has 1 amide bonds. The number of hydrazone groups is 1. The molecule has 2 N–H and O–H groups in total. The number of carbonyl (C=O) groups is 1. The predicted molar refractivity (Wildman–Crippen MR) is 121 cm³/mol. The Morgan fingerprint density at radius 2 is 1.74 bits per heavy atom. The quantitative estimate of drug-likeness (QED) is 0.368. The minimum Gasteiger partial charge on any atom is -0.508 e. The van der Waals surface area contributed by atoms with E-state index in [1.807, 2.05) is 6.07 Å². The van der Waals surface area contributed by atoms with E-state index in [2.05, 4.69) is 10.5 Å². The van der Waals surface area contributed by atoms with Gasteiger partial charge in [0, 0.05) is 0 Å². The third kappa shape index (κ3) is 6.64. The van der Waals surface area contributed by atoms with Crippen molar-refractivity contribution >= 4 is 35.3 Å². The number of nitrogens with one attached hydrogen (secondary N) is 1. The van der Waals surface area contributed by atoms with Crippen LogP contribution < -0.4 is 14.9 Å². The third-order valence-electron chi connectivity index (χ3n) is 4.27. The highest BCUT2D eigenvalue weighted by Crippen LogP contribution is 2.29. The number of hydrogen-bond acceptors (Lipinski definition) is 5. The summed E-state index contributed by atoms with van der Waals surface area (Å²) in [6.07, 6.45) is 1.67. The fourth-order valence-corrected chi connectivity index (χ4v) is 3.01. The Hall–Kier alpha value is -3.22. The second-order valence-corrected chi connectivity index (χ2v) is 7.40. The molecule has 0 bridgehead atoms. The first-order chi connectivity index (χ1) is 14.9. The summed E-state index contributed by atoms with van der Waals surface area (Å²) in [6.45, 7) is 0.300. The average Bonchev–Trinajstić information content (AvgIpc) is 2.76. The number of aromatic hydroxyl groups is 1. The molecule has 3 aromatic carbocycles. The Bertz CT molecular complexity index is 1090. The van der Waals surface area contributed by atoms with Crippen molar-refractivity contribution in [2.24, 2.45) is 5.10 Å². The number of nitrogens with zero attached hydrogens (tertiary/aromatic N) is 1. The summed E-state index contributed by atoms with van der Waals surface area (Å²) in [5, 5.41) is 14.2. The number of phenolic OH excluding ortho intramolecular Hbond substituents is 1. The number of amides is 1. The molecule has 0 aliphatic heterocycles. The molecule has 160 valence electrons. The highest BCUT2D eigenvalue weighted by atomic mass is 35.5. The van der Waals surface area contributed by atoms with Crippen LogP contribution in [0.2, 0.25) is 10.0 Å². The molecule has 0 heterocycles. The van der Waals surface area contributed by atoms with Gasteiger partial charge >= 0.3 is 0 Å². The van der Waals surface area contributed by atoms with Gasteiger partial charge in [-0.05, 0) is 59.2 Å². The van der Waals surface area contributed by atoms with Crippen LogP contribution in [-0.4, -0.2) is 24.3 Å². The van der Waals surface area contributed by atoms with E-state index < -0.39 is 0 Å². The van der Waals surface area contributed by atoms with Crippen LogP contribution in [0, 0.1) is 0 Å². The lowest BCUT2D eigenvalue weighted by molar-refractivity contribution is -0.120. The first-order valence-corrected chi connectivity index (χ1v) is 10.0. The Labute approximate surface area is 190 Å². The summed E-state index contributed by atoms with van der Waals surface area (Å²) < 4.78 is 11.2. The molecule has 0 saturated heterocycles. The third-order valence-corrected chi connectivity index (χ3v) is 5.01. The molecule has 0 atom stereocenters. The maximum atomic E-state index is 12.0. The van der Waals surface area contributed by atoms with Gasteiger partial charge in [-0.25, -0.2) is 5.43 Å². The van der Waals surface area contributed by atoms with Gasteiger partial charge in [0.1, 0.15) is 12.4 Å². The number of methoxy groups -OCH3 is 1. The molecule has 8 heteroatoms. The van der Waals surface area contributed by atoms with Crippen molar-refractivity contribution in [3.05, 3.63) is 87.4 Å². The maximum absolute atomic E-state index is 12.0. The zero-order valence-corrected chi connectivity index (χ0v) is 18.2. The summed E-state index contributed by atoms with van der Waals surface area (Å²) in [5.74, 6) is 0.970. The predicted octanol–water partition coefficient (Wildman–Crippen LogP) is 4.98. The molecule has 3 rings (SSSR count). The van der Waals surface area contributed by atoms with Crippen molar-refractivity contribution in [2.75, 3.05) is 7.11 Å². The molecule has 0 aliphatic carbocycles. The molecule has 0 spiro atoms. The molecular weight excluding hydrogens is 439 g/mol. The van der Waals surface area contributed by atoms with Gasteiger partial charge in [-0.15, -0.1) is 0 Å². The first-order valence-electron chi connectivity index (χ1n) is 9.29. The van der Waals surface area contributed by atoms with Crippen LogP contribution in [0.15, 0.2) is 65.8 Å². The van der Waals surface area contributed by atoms with Crippen molar-refractivity contribution in [1.82, 2.24) is 5.43 Å². The second kappa shape index (κ2) is 10.7. The van der Waals surface area contributed by atoms with Gasteiger partial charge in [0.15, 0.2) is 11.5 Å². The number of ether oxygens (including phenoxy) is 2. The van der Waals surface area contributed by atoms with Crippen molar-refractivity contribution in [3.8, 4) is 17.2 Å². The first kappa shape index (κ1) is 22.5. The summed E-state index contributed by atoms with van der Waals surface area (Å²) in [7, 11) is 1.54. The molecule has 0 saturated carbocycles. The highest BCUT2D eigenvalue weighted by molar-refractivity contribution is 6.42. The number of phenols is 1. The highest BCUT2D eigenvalue weighted by Gasteiger charge is 2.07. The van der Waals surface area contributed by atoms with E-state index in [0.29, 0.717) is 28.2 Å². The minimum atomic E-state index is -0.268. The van der Waals surface area contributed by atoms with E-state index in [1.54, 1.807) is 49.6 Å². The van der Waals surface area contributed by atoms with E-state index in [1.165, 1.54) is 18.3 Å². The number of hydrogen-bond donors (Lipinski definition) is 2. The molecule has 3 aromatic rings. The topological polar surface area (TPSA) is 80.2 Å². The summed E-state index contributed by atoms with van der Waals surface area (Å²) >= 11 is 12.0. The Balaban J connectivity index is 1.57. The van der Waals surface area contributed by atoms with Crippen molar-refractivity contribution in [3.63, 3.8) is 0 Å². The van der Waals surface area contributed by atoms with E-state index >= 15 is 0 Å². The lowest BCUT2D eigenvalue weighted by Crippen LogP contribution is -2.19. The maximum Gasteiger partial charge on any atom is 0.244 e. The van der Waals surface area contributed by atoms with Crippen LogP contribution in [0.3, 0.4) is 0 Å². The molecule has 0 radical (unpaired) electrons. The fourth-order valence-electron chi connectivity index (χ4n) is 2.69. The smallest absolute Gasteiger partial charge is 0.244 e. The van der Waals surface area contributed by atoms with Crippen LogP contribution >= 0.6 is 23.2 Å². The van der Waals surface area contributed by atoms with Gasteiger partial charge in [0.05, 0.1) is 29.8 Å². The van der Waals surface area contributed by atoms with Gasteiger partial charge in [0.2, 0.25) is 5.91 Å². The van der Waals surface area contributed by atoms with E-state index in [9.17, 15) is 9.90 Å². The van der Waals surface area contributed by atoms with Crippen molar-refractivity contribution in [2.45, 2.75) is 13.0 Å². The van der Waals surface area contributed by atoms with Gasteiger partial charge in [0.25, 0.3) is 0 Å². The van der Waals surface area contributed by atoms with Gasteiger partial charge in [-0.3, -0.25) is 4.79 Å². The number of carbonyl (C=O) groups excluding carboxylic acids is 1. The average molecular weight is 459 g/mol. The van der Waals surface area contributed by atoms with E-state index in [-0.39, 0.29) is 18.1 Å². The van der Waals surface area contributed by atoms with Gasteiger partial charge < -0.3 is 14.6 Å². The molecule has 0 fully saturated rings. The summed E-state index contributed by atoms with van der Waals surface area (Å²) in [4.78, 5) is 12.0. The van der Waals surface area contributed by atoms with E-state index in [4.69, 9.17) is 32.7 Å². The lowest BCUT2D eigenvalue weighted by atomic mass is 10.1. The minimum absolute atomic E-state index is 0.153. The van der Waals surface area contributed by atoms with Crippen LogP contribution in [0.1, 0.15) is 16.7 Å². The van der Waals surface area contributed by atoms with Crippen molar-refractivity contribution < 1.29 is 19.4 Å². The standard InChI is InChI=1S/C23H20Cl2N2O4/c1-30-22-11-16(13-26-27-23(29)12-15-2-6-18(28)7-3-15)5-9-21(22)31-14-17-4-8-19(24)20(25)10-17/h2-11,13,28H,12,14H2,1H3,(H,27,29)/b26-13-. The number of halogens is 2. The molecule has 31 heavy (non-hydrogen) atoms. The fraction of sp³-hybridized carbons (Fsp3) is 0.130. The SMILES string of the molecule is COc1cc(/C=N\NC(=O)Cc2ccc(O)cc2)ccc1OCc1ccc(Cl)c(Cl)c1. The van der Waals surface area contributed by atoms with Gasteiger partial charge in [-0.1, -0.05) is 41.4 Å². The van der Waals surface area contributed by atoms with Crippen LogP contribution in [-0.2, 0) is 17.8 Å². The van der Waals surface area contributed by atoms with Crippen LogP contribution in [0.5, 0.6) is 17.2 Å². The summed E-state index contributed by atoms with van der Waals surface area (Å²) in [5.41, 5.74) is 4.85. The summed E-state index contributed by atoms with van der Waals surface area (Å²) in [6, 6.07) is 17.0. The second-order valence-electron chi connectivity index (χ2n) is 6.58. The Kier molecular flexibility index (Phi) is 7.76. The van der Waals surface area contributed by atoms with Gasteiger partial charge in [-0.2, -0.15) is 5.10 Å². The zero-order chi connectivity index (χ0) is 22.2. The van der Waals surface area contributed by atoms with Crippen LogP contribution in [0.25, 0.3) is 0 Å². The normalized spacial score (nSPS) is 10.8. The largest absolute Gasteiger partial charge is 0.508 e. The Morgan fingerprint density at radius 1 is 1.00 bits per heavy atom. The molecule has 0 unspecified atom stereocenters. The number of rotatable bonds is 8. The Morgan fingerprint density at radius 3 is 2.45 bits per heavy atom. The zero-order valence-electron chi connectivity index (χ0n) is 16.6. The lowest BCUT2D eigenvalue weighted by Gasteiger charge is -2.11. The monoisotopic (exact) mass is 458 g/mol. The molecule has 0 aromatic heterocycles. The number of benzene rings is 3. The molecule has 6 nitrogen and oxygen atoms in total. The van der Waals surface area contributed by atoms with Crippen LogP contribution in [0.4, 0.5) is 0 Å². The molecule has 0 aliphatic rings.